The van der Waals surface area contributed by atoms with E-state index in [2.05, 4.69) is 615 Å². The number of fused-ring (bicyclic) bond motifs is 9. The number of nitrogens with zero attached hydrogens (tertiary/aromatic N) is 3. The summed E-state index contributed by atoms with van der Waals surface area (Å²) in [6.45, 7) is 0. The van der Waals surface area contributed by atoms with Crippen LogP contribution >= 0.6 is 34.0 Å². The SMILES string of the molecule is c1ccc(-c2cc(-c3ccccc3)cc(-c3ccc(N(c4ccccc4)c4ccc(-c5ccc6c(c5)sc5ccccc56)cc4)cc3)c2)cc1.c1ccc(-c2cc(-c3ccccc3)cc(-c3ccc(N(c4ccccc4)c4ccc(-c5ccc6sc7ccccc7c6c5)cc4)cc3)c2)cc1.c1ccc(-c2cc(-c3ccccc3)cc(-c3ccc(N(c4ccccc4)c4ccc(-c5cccc6c5sc5ccccc56)cc4)cc3)c2)cc1. The molecule has 3 nitrogen and oxygen atoms in total. The maximum absolute atomic E-state index is 2.34. The summed E-state index contributed by atoms with van der Waals surface area (Å²) < 4.78 is 7.98. The summed E-state index contributed by atoms with van der Waals surface area (Å²) in [4.78, 5) is 7.00. The van der Waals surface area contributed by atoms with Gasteiger partial charge in [-0.05, 0) is 334 Å². The molecule has 0 bridgehead atoms. The number of hydrogen-bond acceptors (Lipinski definition) is 6. The molecule has 3 aromatic heterocycles. The van der Waals surface area contributed by atoms with Crippen LogP contribution in [0.1, 0.15) is 0 Å². The van der Waals surface area contributed by atoms with Crippen LogP contribution in [0.15, 0.2) is 601 Å². The molecule has 24 aromatic carbocycles. The number of para-hydroxylation sites is 3. The molecule has 27 aromatic rings. The van der Waals surface area contributed by atoms with Gasteiger partial charge in [-0.15, -0.1) is 34.0 Å². The van der Waals surface area contributed by atoms with E-state index in [1.807, 2.05) is 34.0 Å². The van der Waals surface area contributed by atoms with Crippen LogP contribution in [-0.4, -0.2) is 0 Å². The molecule has 0 spiro atoms. The number of rotatable bonds is 21. The van der Waals surface area contributed by atoms with E-state index in [-0.39, 0.29) is 0 Å². The van der Waals surface area contributed by atoms with Crippen molar-refractivity contribution in [3.63, 3.8) is 0 Å². The first-order valence-corrected chi connectivity index (χ1v) is 53.5. The summed E-state index contributed by atoms with van der Waals surface area (Å²) in [5, 5.41) is 7.96. The van der Waals surface area contributed by atoms with Crippen LogP contribution in [0.25, 0.3) is 194 Å². The topological polar surface area (TPSA) is 9.72 Å². The fourth-order valence-electron chi connectivity index (χ4n) is 20.8. The Kier molecular flexibility index (Phi) is 26.0. The molecule has 27 rings (SSSR count). The quantitative estimate of drug-likeness (QED) is 0.0710. The van der Waals surface area contributed by atoms with Crippen LogP contribution in [0.4, 0.5) is 51.2 Å². The average molecular weight is 1970 g/mol. The first-order chi connectivity index (χ1) is 74.3. The second-order valence-corrected chi connectivity index (χ2v) is 41.0. The van der Waals surface area contributed by atoms with Crippen LogP contribution in [0.5, 0.6) is 0 Å². The highest BCUT2D eigenvalue weighted by molar-refractivity contribution is 7.27. The number of thiophene rings is 3. The van der Waals surface area contributed by atoms with Crippen LogP contribution in [-0.2, 0) is 0 Å². The van der Waals surface area contributed by atoms with E-state index in [9.17, 15) is 0 Å². The highest BCUT2D eigenvalue weighted by Gasteiger charge is 2.22. The van der Waals surface area contributed by atoms with Gasteiger partial charge in [-0.2, -0.15) is 0 Å². The van der Waals surface area contributed by atoms with Gasteiger partial charge in [-0.3, -0.25) is 0 Å². The van der Waals surface area contributed by atoms with Gasteiger partial charge >= 0.3 is 0 Å². The molecular weight excluding hydrogens is 1870 g/mol. The third kappa shape index (κ3) is 19.5. The van der Waals surface area contributed by atoms with Crippen molar-refractivity contribution in [2.75, 3.05) is 14.7 Å². The minimum Gasteiger partial charge on any atom is -0.311 e. The monoisotopic (exact) mass is 1970 g/mol. The molecule has 0 saturated heterocycles. The second-order valence-electron chi connectivity index (χ2n) is 37.8. The van der Waals surface area contributed by atoms with Crippen molar-refractivity contribution in [1.29, 1.82) is 0 Å². The Morgan fingerprint density at radius 2 is 0.300 bits per heavy atom. The van der Waals surface area contributed by atoms with Gasteiger partial charge in [0.25, 0.3) is 0 Å². The average Bonchev–Trinajstić information content (AvgIpc) is 1.60. The molecule has 6 heteroatoms. The summed E-state index contributed by atoms with van der Waals surface area (Å²) >= 11 is 5.60. The highest BCUT2D eigenvalue weighted by Crippen LogP contribution is 2.48. The molecule has 0 radical (unpaired) electrons. The fourth-order valence-corrected chi connectivity index (χ4v) is 24.3. The van der Waals surface area contributed by atoms with Crippen molar-refractivity contribution in [2.45, 2.75) is 0 Å². The van der Waals surface area contributed by atoms with Crippen molar-refractivity contribution in [2.24, 2.45) is 0 Å². The maximum atomic E-state index is 2.34. The molecule has 0 unspecified atom stereocenters. The van der Waals surface area contributed by atoms with E-state index in [1.54, 1.807) is 0 Å². The molecule has 0 fully saturated rings. The van der Waals surface area contributed by atoms with Gasteiger partial charge in [0, 0.05) is 112 Å². The van der Waals surface area contributed by atoms with Crippen LogP contribution in [0, 0.1) is 0 Å². The van der Waals surface area contributed by atoms with Gasteiger partial charge in [0.2, 0.25) is 0 Å². The van der Waals surface area contributed by atoms with Crippen molar-refractivity contribution in [3.8, 4) is 134 Å². The van der Waals surface area contributed by atoms with E-state index in [1.165, 1.54) is 194 Å². The van der Waals surface area contributed by atoms with E-state index >= 15 is 0 Å². The first-order valence-electron chi connectivity index (χ1n) is 51.0. The molecule has 0 aliphatic carbocycles. The summed E-state index contributed by atoms with van der Waals surface area (Å²) in [5.41, 5.74) is 39.1. The zero-order chi connectivity index (χ0) is 99.8. The Bertz CT molecular complexity index is 9210. The van der Waals surface area contributed by atoms with Crippen molar-refractivity contribution < 1.29 is 0 Å². The number of anilines is 9. The first kappa shape index (κ1) is 92.5. The summed E-state index contributed by atoms with van der Waals surface area (Å²) in [5.74, 6) is 0. The van der Waals surface area contributed by atoms with E-state index in [0.717, 1.165) is 51.2 Å². The lowest BCUT2D eigenvalue weighted by Crippen LogP contribution is -2.09. The minimum atomic E-state index is 1.11. The van der Waals surface area contributed by atoms with Crippen LogP contribution in [0.3, 0.4) is 0 Å². The third-order valence-corrected chi connectivity index (χ3v) is 31.9. The minimum absolute atomic E-state index is 1.11. The van der Waals surface area contributed by atoms with E-state index < -0.39 is 0 Å². The number of benzene rings is 24. The highest BCUT2D eigenvalue weighted by atomic mass is 32.1. The van der Waals surface area contributed by atoms with E-state index in [4.69, 9.17) is 0 Å². The third-order valence-electron chi connectivity index (χ3n) is 28.4. The smallest absolute Gasteiger partial charge is 0.0462 e. The molecule has 0 amide bonds. The lowest BCUT2D eigenvalue weighted by atomic mass is 9.93. The molecule has 708 valence electrons. The molecule has 0 atom stereocenters. The predicted octanol–water partition coefficient (Wildman–Crippen LogP) is 42.6. The number of hydrogen-bond donors (Lipinski definition) is 0. The zero-order valence-corrected chi connectivity index (χ0v) is 84.7. The van der Waals surface area contributed by atoms with Crippen LogP contribution < -0.4 is 14.7 Å². The maximum Gasteiger partial charge on any atom is 0.0462 e. The standard InChI is InChI=1S/3C48H33NS/c1-4-13-34(14-5-1)38-31-39(35-15-6-2-7-16-35)33-40(32-38)36-23-27-42(28-24-36)49(41-17-8-3-9-18-41)43-29-25-37(26-30-43)44-20-12-21-46-45-19-10-11-22-47(45)50-48(44)46;1-4-12-34(13-5-1)39-30-40(35-14-6-2-7-15-35)32-41(31-39)37-22-27-44(28-23-37)49(42-16-8-3-9-17-42)43-25-20-36(21-26-43)38-24-29-48-46(33-38)45-18-10-11-19-47(45)50-48;1-4-12-34(13-5-1)39-30-40(35-14-6-2-7-15-35)32-41(31-39)37-22-27-44(28-23-37)49(42-16-8-3-9-17-42)43-25-20-36(21-26-43)38-24-29-46-45-18-10-11-19-47(45)50-48(46)33-38/h3*1-33H. The predicted molar refractivity (Wildman–Crippen MR) is 647 cm³/mol. The lowest BCUT2D eigenvalue weighted by molar-refractivity contribution is 1.28. The van der Waals surface area contributed by atoms with Gasteiger partial charge < -0.3 is 14.7 Å². The van der Waals surface area contributed by atoms with Crippen LogP contribution in [0.2, 0.25) is 0 Å². The molecule has 150 heavy (non-hydrogen) atoms. The lowest BCUT2D eigenvalue weighted by Gasteiger charge is -2.26. The van der Waals surface area contributed by atoms with Gasteiger partial charge in [-0.25, -0.2) is 0 Å². The Morgan fingerprint density at radius 1 is 0.100 bits per heavy atom. The van der Waals surface area contributed by atoms with Gasteiger partial charge in [0.1, 0.15) is 0 Å². The normalized spacial score (nSPS) is 11.2. The Hall–Kier alpha value is -18.7. The van der Waals surface area contributed by atoms with Gasteiger partial charge in [0.05, 0.1) is 0 Å². The summed E-state index contributed by atoms with van der Waals surface area (Å²) in [6.07, 6.45) is 0. The van der Waals surface area contributed by atoms with Crippen molar-refractivity contribution >= 4 is 146 Å². The Labute approximate surface area is 887 Å². The van der Waals surface area contributed by atoms with Gasteiger partial charge in [-0.1, -0.05) is 400 Å². The van der Waals surface area contributed by atoms with Crippen molar-refractivity contribution in [3.05, 3.63) is 601 Å². The molecule has 0 aliphatic rings. The summed E-state index contributed by atoms with van der Waals surface area (Å²) in [6, 6.07) is 217. The molecule has 3 heterocycles. The molecule has 0 N–H and O–H groups in total. The van der Waals surface area contributed by atoms with Gasteiger partial charge in [0.15, 0.2) is 0 Å². The Morgan fingerprint density at radius 3 is 0.613 bits per heavy atom. The molecular formula is C144H99N3S3. The fraction of sp³-hybridized carbons (Fsp3) is 0. The Balaban J connectivity index is 0.000000116. The second kappa shape index (κ2) is 42.2. The molecule has 0 aliphatic heterocycles. The molecule has 0 saturated carbocycles. The zero-order valence-electron chi connectivity index (χ0n) is 82.2. The van der Waals surface area contributed by atoms with E-state index in [0.29, 0.717) is 0 Å². The largest absolute Gasteiger partial charge is 0.311 e. The summed E-state index contributed by atoms with van der Waals surface area (Å²) in [7, 11) is 0. The van der Waals surface area contributed by atoms with Crippen molar-refractivity contribution in [1.82, 2.24) is 0 Å².